The minimum Gasteiger partial charge on any atom is -0.489 e. The summed E-state index contributed by atoms with van der Waals surface area (Å²) in [4.78, 5) is 0. The summed E-state index contributed by atoms with van der Waals surface area (Å²) in [6.07, 6.45) is -0.383. The summed E-state index contributed by atoms with van der Waals surface area (Å²) in [5.41, 5.74) is 1.40. The van der Waals surface area contributed by atoms with Crippen molar-refractivity contribution in [1.82, 2.24) is 5.16 Å². The van der Waals surface area contributed by atoms with Gasteiger partial charge < -0.3 is 18.7 Å². The maximum Gasteiger partial charge on any atom is 0.269 e. The van der Waals surface area contributed by atoms with Gasteiger partial charge in [-0.05, 0) is 49.1 Å². The highest BCUT2D eigenvalue weighted by molar-refractivity contribution is 5.63. The lowest BCUT2D eigenvalue weighted by atomic mass is 10.1. The molecule has 30 heavy (non-hydrogen) atoms. The molecule has 2 aromatic carbocycles. The van der Waals surface area contributed by atoms with Crippen LogP contribution < -0.4 is 4.74 Å². The number of aromatic nitrogens is 1. The second-order valence-corrected chi connectivity index (χ2v) is 7.08. The number of halogens is 2. The third-order valence-corrected chi connectivity index (χ3v) is 4.93. The number of ether oxygens (including phenoxy) is 3. The highest BCUT2D eigenvalue weighted by atomic mass is 19.3. The maximum absolute atomic E-state index is 13.7. The molecule has 1 saturated heterocycles. The summed E-state index contributed by atoms with van der Waals surface area (Å²) in [6.45, 7) is 0.969. The molecule has 3 aromatic rings. The lowest BCUT2D eigenvalue weighted by Gasteiger charge is -2.22. The van der Waals surface area contributed by atoms with Crippen LogP contribution in [0.1, 0.15) is 42.5 Å². The lowest BCUT2D eigenvalue weighted by Crippen LogP contribution is -2.22. The normalized spacial score (nSPS) is 16.7. The fourth-order valence-electron chi connectivity index (χ4n) is 3.33. The first-order valence-corrected chi connectivity index (χ1v) is 9.97. The molecule has 1 aromatic heterocycles. The highest BCUT2D eigenvalue weighted by Crippen LogP contribution is 2.35. The van der Waals surface area contributed by atoms with E-state index in [4.69, 9.17) is 18.7 Å². The van der Waals surface area contributed by atoms with Gasteiger partial charge in [-0.2, -0.15) is 0 Å². The topological polar surface area (TPSA) is 53.7 Å². The zero-order chi connectivity index (χ0) is 20.8. The summed E-state index contributed by atoms with van der Waals surface area (Å²) in [5.74, 6) is 0.682. The smallest absolute Gasteiger partial charge is 0.269 e. The van der Waals surface area contributed by atoms with Gasteiger partial charge in [-0.25, -0.2) is 8.78 Å². The monoisotopic (exact) mass is 415 g/mol. The average Bonchev–Trinajstić information content (AvgIpc) is 3.22. The van der Waals surface area contributed by atoms with Crippen molar-refractivity contribution in [3.8, 4) is 17.1 Å². The van der Waals surface area contributed by atoms with E-state index in [0.29, 0.717) is 24.5 Å². The van der Waals surface area contributed by atoms with Crippen LogP contribution in [-0.4, -0.2) is 18.1 Å². The van der Waals surface area contributed by atoms with Crippen molar-refractivity contribution in [3.05, 3.63) is 71.4 Å². The van der Waals surface area contributed by atoms with E-state index in [1.165, 1.54) is 0 Å². The molecular weight excluding hydrogens is 392 g/mol. The molecule has 0 spiro atoms. The Kier molecular flexibility index (Phi) is 6.71. The molecule has 1 aliphatic heterocycles. The number of rotatable bonds is 8. The van der Waals surface area contributed by atoms with Crippen molar-refractivity contribution < 1.29 is 27.5 Å². The van der Waals surface area contributed by atoms with Gasteiger partial charge in [0.25, 0.3) is 6.43 Å². The van der Waals surface area contributed by atoms with Crippen LogP contribution in [0.15, 0.2) is 59.1 Å². The highest BCUT2D eigenvalue weighted by Gasteiger charge is 2.26. The third kappa shape index (κ3) is 5.04. The van der Waals surface area contributed by atoms with Crippen molar-refractivity contribution in [2.45, 2.75) is 45.2 Å². The van der Waals surface area contributed by atoms with Crippen molar-refractivity contribution in [3.63, 3.8) is 0 Å². The summed E-state index contributed by atoms with van der Waals surface area (Å²) < 4.78 is 49.6. The van der Waals surface area contributed by atoms with E-state index in [1.54, 1.807) is 24.3 Å². The predicted molar refractivity (Wildman–Crippen MR) is 106 cm³/mol. The van der Waals surface area contributed by atoms with Gasteiger partial charge in [0.2, 0.25) is 0 Å². The van der Waals surface area contributed by atoms with Crippen LogP contribution >= 0.6 is 0 Å². The van der Waals surface area contributed by atoms with E-state index in [-0.39, 0.29) is 29.9 Å². The summed E-state index contributed by atoms with van der Waals surface area (Å²) >= 11 is 0. The molecule has 4 rings (SSSR count). The number of alkyl halides is 2. The van der Waals surface area contributed by atoms with Crippen LogP contribution in [0, 0.1) is 0 Å². The van der Waals surface area contributed by atoms with Crippen molar-refractivity contribution in [2.75, 3.05) is 6.61 Å². The Labute approximate surface area is 173 Å². The Morgan fingerprint density at radius 2 is 1.80 bits per heavy atom. The molecule has 158 valence electrons. The van der Waals surface area contributed by atoms with Gasteiger partial charge in [0, 0.05) is 12.2 Å². The maximum atomic E-state index is 13.7. The number of hydrogen-bond acceptors (Lipinski definition) is 5. The van der Waals surface area contributed by atoms with E-state index in [0.717, 1.165) is 24.8 Å². The van der Waals surface area contributed by atoms with E-state index in [1.807, 2.05) is 30.3 Å². The molecule has 1 unspecified atom stereocenters. The number of nitrogens with zero attached hydrogens (tertiary/aromatic N) is 1. The van der Waals surface area contributed by atoms with Crippen molar-refractivity contribution >= 4 is 0 Å². The molecule has 0 saturated carbocycles. The number of hydrogen-bond donors (Lipinski definition) is 0. The molecular formula is C23H23F2NO4. The van der Waals surface area contributed by atoms with E-state index in [2.05, 4.69) is 5.16 Å². The van der Waals surface area contributed by atoms with Crippen molar-refractivity contribution in [2.24, 2.45) is 0 Å². The molecule has 1 aliphatic rings. The molecule has 0 aliphatic carbocycles. The Morgan fingerprint density at radius 1 is 1.00 bits per heavy atom. The Bertz CT molecular complexity index is 922. The van der Waals surface area contributed by atoms with Gasteiger partial charge in [-0.3, -0.25) is 0 Å². The van der Waals surface area contributed by atoms with Gasteiger partial charge >= 0.3 is 0 Å². The minimum atomic E-state index is -2.73. The minimum absolute atomic E-state index is 0.0442. The third-order valence-electron chi connectivity index (χ3n) is 4.93. The van der Waals surface area contributed by atoms with Gasteiger partial charge in [0.1, 0.15) is 18.1 Å². The van der Waals surface area contributed by atoms with Gasteiger partial charge in [0.05, 0.1) is 12.2 Å². The second kappa shape index (κ2) is 9.82. The molecule has 0 amide bonds. The zero-order valence-corrected chi connectivity index (χ0v) is 16.4. The largest absolute Gasteiger partial charge is 0.489 e. The van der Waals surface area contributed by atoms with Gasteiger partial charge in [-0.1, -0.05) is 35.5 Å². The molecule has 0 N–H and O–H groups in total. The van der Waals surface area contributed by atoms with Gasteiger partial charge in [-0.15, -0.1) is 0 Å². The van der Waals surface area contributed by atoms with Crippen LogP contribution in [0.4, 0.5) is 8.78 Å². The summed E-state index contributed by atoms with van der Waals surface area (Å²) in [5, 5.41) is 3.83. The van der Waals surface area contributed by atoms with E-state index in [9.17, 15) is 8.78 Å². The Balaban J connectivity index is 1.44. The fraction of sp³-hybridized carbons (Fsp3) is 0.348. The Hall–Kier alpha value is -2.77. The van der Waals surface area contributed by atoms with Gasteiger partial charge in [0.15, 0.2) is 12.1 Å². The van der Waals surface area contributed by atoms with Crippen LogP contribution in [-0.2, 0) is 22.7 Å². The first kappa shape index (κ1) is 20.5. The van der Waals surface area contributed by atoms with Crippen LogP contribution in [0.3, 0.4) is 0 Å². The first-order valence-electron chi connectivity index (χ1n) is 9.97. The van der Waals surface area contributed by atoms with Crippen LogP contribution in [0.25, 0.3) is 11.3 Å². The molecule has 1 fully saturated rings. The predicted octanol–water partition coefficient (Wildman–Crippen LogP) is 5.90. The number of benzene rings is 2. The standard InChI is InChI=1S/C23H23F2NO4/c24-23(25)21-19(15-29-20-8-4-5-13-27-20)26-30-22(21)17-9-11-18(12-10-17)28-14-16-6-2-1-3-7-16/h1-3,6-7,9-12,20,23H,4-5,8,13-15H2. The van der Waals surface area contributed by atoms with Crippen LogP contribution in [0.2, 0.25) is 0 Å². The SMILES string of the molecule is FC(F)c1c(COC2CCCCO2)noc1-c1ccc(OCc2ccccc2)cc1. The van der Waals surface area contributed by atoms with Crippen LogP contribution in [0.5, 0.6) is 5.75 Å². The second-order valence-electron chi connectivity index (χ2n) is 7.08. The molecule has 5 nitrogen and oxygen atoms in total. The van der Waals surface area contributed by atoms with Crippen molar-refractivity contribution in [1.29, 1.82) is 0 Å². The molecule has 1 atom stereocenters. The average molecular weight is 415 g/mol. The molecule has 7 heteroatoms. The molecule has 0 radical (unpaired) electrons. The molecule has 0 bridgehead atoms. The lowest BCUT2D eigenvalue weighted by molar-refractivity contribution is -0.170. The fourth-order valence-corrected chi connectivity index (χ4v) is 3.33. The molecule has 2 heterocycles. The zero-order valence-electron chi connectivity index (χ0n) is 16.4. The van der Waals surface area contributed by atoms with E-state index < -0.39 is 6.43 Å². The van der Waals surface area contributed by atoms with E-state index >= 15 is 0 Å². The quantitative estimate of drug-likeness (QED) is 0.458. The first-order chi connectivity index (χ1) is 14.7. The summed E-state index contributed by atoms with van der Waals surface area (Å²) in [7, 11) is 0. The summed E-state index contributed by atoms with van der Waals surface area (Å²) in [6, 6.07) is 16.6. The Morgan fingerprint density at radius 3 is 2.50 bits per heavy atom.